The number of halogens is 1. The van der Waals surface area contributed by atoms with Gasteiger partial charge >= 0.3 is 0 Å². The molecule has 2 aromatic carbocycles. The third kappa shape index (κ3) is 4.38. The molecule has 0 saturated carbocycles. The number of carbonyl (C=O) groups excluding carboxylic acids is 1. The molecule has 3 aromatic rings. The average Bonchev–Trinajstić information content (AvgIpc) is 2.72. The number of hydrogen-bond donors (Lipinski definition) is 0. The first-order valence-electron chi connectivity index (χ1n) is 8.30. The molecule has 1 aromatic heterocycles. The third-order valence-electron chi connectivity index (χ3n) is 4.08. The lowest BCUT2D eigenvalue weighted by atomic mass is 10.1. The second-order valence-electron chi connectivity index (χ2n) is 5.80. The van der Waals surface area contributed by atoms with Crippen molar-refractivity contribution < 1.29 is 14.3 Å². The lowest BCUT2D eigenvalue weighted by Crippen LogP contribution is -2.30. The molecular formula is C21H19ClN2O3. The van der Waals surface area contributed by atoms with E-state index >= 15 is 0 Å². The molecule has 6 heteroatoms. The van der Waals surface area contributed by atoms with Crippen LogP contribution in [-0.2, 0) is 6.54 Å². The van der Waals surface area contributed by atoms with Crippen molar-refractivity contribution in [2.75, 3.05) is 19.1 Å². The summed E-state index contributed by atoms with van der Waals surface area (Å²) in [4.78, 5) is 19.1. The van der Waals surface area contributed by atoms with Crippen molar-refractivity contribution in [1.82, 2.24) is 4.98 Å². The van der Waals surface area contributed by atoms with Crippen molar-refractivity contribution in [3.63, 3.8) is 0 Å². The number of anilines is 1. The first-order chi connectivity index (χ1) is 13.1. The largest absolute Gasteiger partial charge is 0.493 e. The molecule has 138 valence electrons. The standard InChI is InChI=1S/C21H19ClN2O3/c1-26-19-10-5-16(12-20(19)27-2)21(25)24(14-15-4-3-11-23-13-15)18-8-6-17(22)7-9-18/h3-13H,14H2,1-2H3. The van der Waals surface area contributed by atoms with Crippen LogP contribution in [0.3, 0.4) is 0 Å². The number of methoxy groups -OCH3 is 2. The summed E-state index contributed by atoms with van der Waals surface area (Å²) < 4.78 is 10.6. The molecule has 0 saturated heterocycles. The van der Waals surface area contributed by atoms with Crippen LogP contribution in [0.4, 0.5) is 5.69 Å². The second kappa shape index (κ2) is 8.56. The van der Waals surface area contributed by atoms with Crippen LogP contribution in [0.1, 0.15) is 15.9 Å². The number of ether oxygens (including phenoxy) is 2. The van der Waals surface area contributed by atoms with E-state index in [1.807, 2.05) is 24.3 Å². The molecule has 0 radical (unpaired) electrons. The fourth-order valence-corrected chi connectivity index (χ4v) is 2.83. The Morgan fingerprint density at radius 2 is 1.78 bits per heavy atom. The highest BCUT2D eigenvalue weighted by Crippen LogP contribution is 2.29. The molecule has 0 bridgehead atoms. The fourth-order valence-electron chi connectivity index (χ4n) is 2.70. The highest BCUT2D eigenvalue weighted by Gasteiger charge is 2.20. The van der Waals surface area contributed by atoms with Gasteiger partial charge in [0, 0.05) is 28.7 Å². The zero-order chi connectivity index (χ0) is 19.2. The van der Waals surface area contributed by atoms with E-state index in [2.05, 4.69) is 4.98 Å². The van der Waals surface area contributed by atoms with Crippen molar-refractivity contribution in [2.24, 2.45) is 0 Å². The predicted octanol–water partition coefficient (Wildman–Crippen LogP) is 4.60. The Morgan fingerprint density at radius 1 is 1.04 bits per heavy atom. The number of amides is 1. The van der Waals surface area contributed by atoms with Crippen LogP contribution in [0.25, 0.3) is 0 Å². The van der Waals surface area contributed by atoms with Crippen LogP contribution in [0, 0.1) is 0 Å². The number of rotatable bonds is 6. The lowest BCUT2D eigenvalue weighted by molar-refractivity contribution is 0.0984. The minimum absolute atomic E-state index is 0.165. The zero-order valence-corrected chi connectivity index (χ0v) is 15.8. The van der Waals surface area contributed by atoms with Crippen LogP contribution in [0.2, 0.25) is 5.02 Å². The molecular weight excluding hydrogens is 364 g/mol. The Bertz CT molecular complexity index is 914. The van der Waals surface area contributed by atoms with E-state index in [-0.39, 0.29) is 5.91 Å². The van der Waals surface area contributed by atoms with Gasteiger partial charge in [-0.1, -0.05) is 17.7 Å². The molecule has 0 aliphatic rings. The maximum absolute atomic E-state index is 13.3. The number of nitrogens with zero attached hydrogens (tertiary/aromatic N) is 2. The maximum atomic E-state index is 13.3. The molecule has 0 unspecified atom stereocenters. The summed E-state index contributed by atoms with van der Waals surface area (Å²) >= 11 is 6.00. The van der Waals surface area contributed by atoms with Crippen LogP contribution in [0.5, 0.6) is 11.5 Å². The molecule has 0 aliphatic carbocycles. The molecule has 0 N–H and O–H groups in total. The van der Waals surface area contributed by atoms with Gasteiger partial charge in [-0.2, -0.15) is 0 Å². The summed E-state index contributed by atoms with van der Waals surface area (Å²) in [6, 6.07) is 16.0. The van der Waals surface area contributed by atoms with Gasteiger partial charge in [-0.3, -0.25) is 9.78 Å². The normalized spacial score (nSPS) is 10.3. The number of hydrogen-bond acceptors (Lipinski definition) is 4. The van der Waals surface area contributed by atoms with Crippen molar-refractivity contribution in [1.29, 1.82) is 0 Å². The minimum Gasteiger partial charge on any atom is -0.493 e. The smallest absolute Gasteiger partial charge is 0.258 e. The third-order valence-corrected chi connectivity index (χ3v) is 4.33. The van der Waals surface area contributed by atoms with Crippen LogP contribution in [0.15, 0.2) is 67.0 Å². The Labute approximate surface area is 163 Å². The van der Waals surface area contributed by atoms with Gasteiger partial charge in [-0.25, -0.2) is 0 Å². The summed E-state index contributed by atoms with van der Waals surface area (Å²) in [6.07, 6.45) is 3.44. The second-order valence-corrected chi connectivity index (χ2v) is 6.24. The molecule has 5 nitrogen and oxygen atoms in total. The number of benzene rings is 2. The summed E-state index contributed by atoms with van der Waals surface area (Å²) in [6.45, 7) is 0.378. The molecule has 0 atom stereocenters. The number of pyridine rings is 1. The maximum Gasteiger partial charge on any atom is 0.258 e. The van der Waals surface area contributed by atoms with Gasteiger partial charge in [-0.15, -0.1) is 0 Å². The SMILES string of the molecule is COc1ccc(C(=O)N(Cc2cccnc2)c2ccc(Cl)cc2)cc1OC. The number of aromatic nitrogens is 1. The van der Waals surface area contributed by atoms with Crippen molar-refractivity contribution in [3.8, 4) is 11.5 Å². The average molecular weight is 383 g/mol. The van der Waals surface area contributed by atoms with Crippen LogP contribution < -0.4 is 14.4 Å². The molecule has 27 heavy (non-hydrogen) atoms. The van der Waals surface area contributed by atoms with Crippen LogP contribution in [-0.4, -0.2) is 25.1 Å². The molecule has 0 fully saturated rings. The zero-order valence-electron chi connectivity index (χ0n) is 15.1. The monoisotopic (exact) mass is 382 g/mol. The summed E-state index contributed by atoms with van der Waals surface area (Å²) in [5.74, 6) is 0.905. The summed E-state index contributed by atoms with van der Waals surface area (Å²) in [7, 11) is 3.10. The summed E-state index contributed by atoms with van der Waals surface area (Å²) in [5, 5.41) is 0.610. The molecule has 1 heterocycles. The Kier molecular flexibility index (Phi) is 5.94. The summed E-state index contributed by atoms with van der Waals surface area (Å²) in [5.41, 5.74) is 2.15. The Balaban J connectivity index is 1.98. The van der Waals surface area contributed by atoms with E-state index < -0.39 is 0 Å². The fraction of sp³-hybridized carbons (Fsp3) is 0.143. The van der Waals surface area contributed by atoms with Gasteiger partial charge in [-0.05, 0) is 54.1 Å². The van der Waals surface area contributed by atoms with E-state index in [0.29, 0.717) is 28.6 Å². The highest BCUT2D eigenvalue weighted by molar-refractivity contribution is 6.30. The van der Waals surface area contributed by atoms with Crippen LogP contribution >= 0.6 is 11.6 Å². The van der Waals surface area contributed by atoms with E-state index in [1.54, 1.807) is 61.8 Å². The van der Waals surface area contributed by atoms with Gasteiger partial charge in [0.05, 0.1) is 20.8 Å². The van der Waals surface area contributed by atoms with Gasteiger partial charge in [0.25, 0.3) is 5.91 Å². The predicted molar refractivity (Wildman–Crippen MR) is 106 cm³/mol. The quantitative estimate of drug-likeness (QED) is 0.625. The Hall–Kier alpha value is -3.05. The lowest BCUT2D eigenvalue weighted by Gasteiger charge is -2.23. The van der Waals surface area contributed by atoms with E-state index in [1.165, 1.54) is 0 Å². The molecule has 1 amide bonds. The number of carbonyl (C=O) groups is 1. The van der Waals surface area contributed by atoms with Gasteiger partial charge < -0.3 is 14.4 Å². The van der Waals surface area contributed by atoms with E-state index in [9.17, 15) is 4.79 Å². The van der Waals surface area contributed by atoms with E-state index in [0.717, 1.165) is 11.3 Å². The minimum atomic E-state index is -0.165. The van der Waals surface area contributed by atoms with Gasteiger partial charge in [0.15, 0.2) is 11.5 Å². The Morgan fingerprint density at radius 3 is 2.41 bits per heavy atom. The molecule has 0 aliphatic heterocycles. The molecule has 0 spiro atoms. The van der Waals surface area contributed by atoms with E-state index in [4.69, 9.17) is 21.1 Å². The first-order valence-corrected chi connectivity index (χ1v) is 8.68. The van der Waals surface area contributed by atoms with Gasteiger partial charge in [0.1, 0.15) is 0 Å². The highest BCUT2D eigenvalue weighted by atomic mass is 35.5. The van der Waals surface area contributed by atoms with Crippen molar-refractivity contribution in [3.05, 3.63) is 83.1 Å². The topological polar surface area (TPSA) is 51.7 Å². The molecule has 3 rings (SSSR count). The van der Waals surface area contributed by atoms with Crippen molar-refractivity contribution >= 4 is 23.2 Å². The first kappa shape index (κ1) is 18.7. The van der Waals surface area contributed by atoms with Gasteiger partial charge in [0.2, 0.25) is 0 Å². The van der Waals surface area contributed by atoms with Crippen molar-refractivity contribution in [2.45, 2.75) is 6.54 Å².